The standard InChI is InChI=1S/3ClH.N/h3*1H;/q;;;+3/p-3. The fraction of sp³-hybridized carbons (Fsp3) is 0. The molecular formula is Cl3N. The van der Waals surface area contributed by atoms with Crippen molar-refractivity contribution in [2.45, 2.75) is 0 Å². The van der Waals surface area contributed by atoms with Gasteiger partial charge in [-0.05, 0) is 0 Å². The van der Waals surface area contributed by atoms with Crippen molar-refractivity contribution in [3.05, 3.63) is 0 Å². The highest BCUT2D eigenvalue weighted by Gasteiger charge is 3.00. The largest absolute Gasteiger partial charge is 3.00 e. The molecule has 26 valence electrons. The van der Waals surface area contributed by atoms with Crippen molar-refractivity contribution < 1.29 is 37.2 Å². The first kappa shape index (κ1) is 174. The molecule has 0 atom stereocenters. The van der Waals surface area contributed by atoms with Gasteiger partial charge in [-0.3, -0.25) is 0 Å². The predicted octanol–water partition coefficient (Wildman–Crippen LogP) is -9.47. The van der Waals surface area contributed by atoms with Gasteiger partial charge in [0.15, 0.2) is 0 Å². The third kappa shape index (κ3) is 19.1. The summed E-state index contributed by atoms with van der Waals surface area (Å²) in [5.41, 5.74) is 0. The highest BCUT2D eigenvalue weighted by molar-refractivity contribution is 2.13. The van der Waals surface area contributed by atoms with Crippen LogP contribution in [0.5, 0.6) is 0 Å². The molecule has 0 aromatic rings. The smallest absolute Gasteiger partial charge is 1.00 e. The average Bonchev–Trinajstić information content (AvgIpc) is 0. The molecule has 0 aromatic heterocycles. The minimum Gasteiger partial charge on any atom is -1.00 e. The van der Waals surface area contributed by atoms with Crippen LogP contribution in [0.15, 0.2) is 0 Å². The fourth-order valence-corrected chi connectivity index (χ4v) is 0. The van der Waals surface area contributed by atoms with Gasteiger partial charge >= 0.3 is 6.15 Å². The maximum absolute atomic E-state index is 0. The van der Waals surface area contributed by atoms with Gasteiger partial charge in [0, 0.05) is 0 Å². The van der Waals surface area contributed by atoms with E-state index in [-0.39, 0.29) is 43.4 Å². The van der Waals surface area contributed by atoms with E-state index in [0.717, 1.165) is 0 Å². The first-order chi connectivity index (χ1) is 0. The third-order valence-corrected chi connectivity index (χ3v) is 0. The van der Waals surface area contributed by atoms with Crippen molar-refractivity contribution in [1.29, 1.82) is 0 Å². The second-order valence-corrected chi connectivity index (χ2v) is 0. The van der Waals surface area contributed by atoms with E-state index in [2.05, 4.69) is 0 Å². The van der Waals surface area contributed by atoms with Crippen LogP contribution in [0, 0.1) is 0 Å². The number of rotatable bonds is 0. The van der Waals surface area contributed by atoms with Crippen molar-refractivity contribution >= 4 is 0 Å². The zero-order chi connectivity index (χ0) is 0. The van der Waals surface area contributed by atoms with E-state index in [4.69, 9.17) is 0 Å². The molecule has 0 unspecified atom stereocenters. The molecule has 4 heavy (non-hydrogen) atoms. The summed E-state index contributed by atoms with van der Waals surface area (Å²) in [6.07, 6.45) is 0. The molecule has 0 fully saturated rings. The zero-order valence-electron chi connectivity index (χ0n) is 1.58. The lowest BCUT2D eigenvalue weighted by Crippen LogP contribution is -3.00. The van der Waals surface area contributed by atoms with Gasteiger partial charge in [-0.2, -0.15) is 0 Å². The highest BCUT2D eigenvalue weighted by Crippen LogP contribution is -0.481. The number of halogens is 3. The van der Waals surface area contributed by atoms with Crippen LogP contribution >= 0.6 is 0 Å². The monoisotopic (exact) mass is 119 g/mol. The second kappa shape index (κ2) is 70.8. The molecule has 4 heteroatoms. The lowest BCUT2D eigenvalue weighted by Gasteiger charge is -1.00. The Hall–Kier alpha value is 0.580. The molecule has 0 aliphatic rings. The Morgan fingerprint density at radius 3 is 0.500 bits per heavy atom. The van der Waals surface area contributed by atoms with Crippen LogP contribution in [0.4, 0.5) is 0 Å². The van der Waals surface area contributed by atoms with Gasteiger partial charge in [0.05, 0.1) is 0 Å². The Morgan fingerprint density at radius 1 is 0.500 bits per heavy atom. The van der Waals surface area contributed by atoms with E-state index in [1.165, 1.54) is 0 Å². The summed E-state index contributed by atoms with van der Waals surface area (Å²) in [6, 6.07) is 0. The van der Waals surface area contributed by atoms with Gasteiger partial charge in [0.25, 0.3) is 0 Å². The first-order valence-electron chi connectivity index (χ1n) is 0. The fourth-order valence-electron chi connectivity index (χ4n) is 0. The topological polar surface area (TPSA) is 30.5 Å². The van der Waals surface area contributed by atoms with Crippen molar-refractivity contribution in [2.75, 3.05) is 0 Å². The zero-order valence-corrected chi connectivity index (χ0v) is 3.85. The lowest BCUT2D eigenvalue weighted by molar-refractivity contribution is -0.001000. The van der Waals surface area contributed by atoms with E-state index >= 15 is 0 Å². The number of hydrogen-bond acceptors (Lipinski definition) is 0. The molecule has 0 aliphatic carbocycles. The summed E-state index contributed by atoms with van der Waals surface area (Å²) in [5, 5.41) is 0. The predicted molar refractivity (Wildman–Crippen MR) is 2.13 cm³/mol. The van der Waals surface area contributed by atoms with Crippen LogP contribution in [0.1, 0.15) is 0 Å². The van der Waals surface area contributed by atoms with Crippen LogP contribution in [0.25, 0.3) is 0 Å². The summed E-state index contributed by atoms with van der Waals surface area (Å²) in [5.74, 6) is 0. The van der Waals surface area contributed by atoms with Crippen molar-refractivity contribution in [3.63, 3.8) is 0 Å². The molecule has 0 heterocycles. The molecule has 0 spiro atoms. The Bertz CT molecular complexity index is 3.25. The van der Waals surface area contributed by atoms with Crippen LogP contribution < -0.4 is 43.4 Å². The third-order valence-electron chi connectivity index (χ3n) is 0. The van der Waals surface area contributed by atoms with Gasteiger partial charge in [-0.25, -0.2) is 0 Å². The minimum atomic E-state index is 0. The molecule has 0 aliphatic heterocycles. The van der Waals surface area contributed by atoms with Gasteiger partial charge in [-0.15, -0.1) is 0 Å². The molecule has 0 saturated heterocycles. The van der Waals surface area contributed by atoms with Crippen LogP contribution in [-0.2, 0) is 0 Å². The summed E-state index contributed by atoms with van der Waals surface area (Å²) < 4.78 is 0. The Balaban J connectivity index is 0. The summed E-state index contributed by atoms with van der Waals surface area (Å²) in [7, 11) is 0. The second-order valence-electron chi connectivity index (χ2n) is 0. The van der Waals surface area contributed by atoms with Gasteiger partial charge in [0.1, 0.15) is 0 Å². The molecule has 0 saturated carbocycles. The van der Waals surface area contributed by atoms with E-state index in [1.807, 2.05) is 0 Å². The first-order valence-corrected chi connectivity index (χ1v) is 0. The van der Waals surface area contributed by atoms with Gasteiger partial charge in [-0.1, -0.05) is 0 Å². The van der Waals surface area contributed by atoms with E-state index in [9.17, 15) is 0 Å². The average molecular weight is 120 g/mol. The molecule has 0 bridgehead atoms. The van der Waals surface area contributed by atoms with Crippen LogP contribution in [0.2, 0.25) is 0 Å². The van der Waals surface area contributed by atoms with E-state index < -0.39 is 0 Å². The molecule has 0 rings (SSSR count). The van der Waals surface area contributed by atoms with Crippen molar-refractivity contribution in [2.24, 2.45) is 0 Å². The van der Waals surface area contributed by atoms with Crippen molar-refractivity contribution in [1.82, 2.24) is 6.15 Å². The SMILES string of the molecule is [Cl-].[Cl-].[Cl-].[N+3]. The van der Waals surface area contributed by atoms with Gasteiger partial charge in [0.2, 0.25) is 0 Å². The Kier molecular flexibility index (Phi) is 3090. The highest BCUT2D eigenvalue weighted by atomic mass is 35.5. The molecule has 1 nitrogen and oxygen atoms in total. The van der Waals surface area contributed by atoms with E-state index in [1.54, 1.807) is 0 Å². The molecule has 0 amide bonds. The minimum absolute atomic E-state index is 0. The van der Waals surface area contributed by atoms with Crippen LogP contribution in [-0.4, -0.2) is 0 Å². The number of hydrogen-bond donors (Lipinski definition) is 0. The molecular weight excluding hydrogens is 120 g/mol. The summed E-state index contributed by atoms with van der Waals surface area (Å²) >= 11 is 0. The van der Waals surface area contributed by atoms with E-state index in [0.29, 0.717) is 0 Å². The summed E-state index contributed by atoms with van der Waals surface area (Å²) in [4.78, 5) is 0. The quantitative estimate of drug-likeness (QED) is 0.304. The maximum Gasteiger partial charge on any atom is 3.00 e. The molecule has 0 N–H and O–H groups in total. The number of nitrogens with zero attached hydrogens (tertiary/aromatic N) is 1. The van der Waals surface area contributed by atoms with Crippen LogP contribution in [0.3, 0.4) is 0 Å². The Morgan fingerprint density at radius 2 is 0.500 bits per heavy atom. The Labute approximate surface area is 44.0 Å². The molecule has 0 aromatic carbocycles. The summed E-state index contributed by atoms with van der Waals surface area (Å²) in [6.45, 7) is 0. The van der Waals surface area contributed by atoms with Gasteiger partial charge < -0.3 is 37.2 Å². The lowest BCUT2D eigenvalue weighted by atomic mass is 14.0. The van der Waals surface area contributed by atoms with Crippen molar-refractivity contribution in [3.8, 4) is 0 Å². The normalized spacial score (nSPS) is 0. The maximum atomic E-state index is 0. The molecule has 2 radical (unpaired) electrons.